The summed E-state index contributed by atoms with van der Waals surface area (Å²) in [5, 5.41) is 10.5. The fourth-order valence-corrected chi connectivity index (χ4v) is 3.45. The van der Waals surface area contributed by atoms with Gasteiger partial charge in [-0.3, -0.25) is 9.69 Å². The van der Waals surface area contributed by atoms with Crippen LogP contribution in [0.5, 0.6) is 5.75 Å². The third-order valence-corrected chi connectivity index (χ3v) is 4.91. The highest BCUT2D eigenvalue weighted by atomic mass is 16.5. The molecule has 2 atom stereocenters. The SMILES string of the molecule is CC(=O)c1ccc(OCC(O)CN(Cc2ccccc2)CC2CCCO2)cc1. The van der Waals surface area contributed by atoms with Crippen LogP contribution in [0.15, 0.2) is 54.6 Å². The summed E-state index contributed by atoms with van der Waals surface area (Å²) in [5.74, 6) is 0.676. The quantitative estimate of drug-likeness (QED) is 0.638. The number of aliphatic hydroxyl groups excluding tert-OH is 1. The molecule has 0 aromatic heterocycles. The molecule has 1 aliphatic heterocycles. The molecule has 0 bridgehead atoms. The van der Waals surface area contributed by atoms with E-state index >= 15 is 0 Å². The Morgan fingerprint density at radius 1 is 1.21 bits per heavy atom. The van der Waals surface area contributed by atoms with Crippen molar-refractivity contribution in [3.05, 3.63) is 65.7 Å². The summed E-state index contributed by atoms with van der Waals surface area (Å²) in [6.07, 6.45) is 1.79. The van der Waals surface area contributed by atoms with Gasteiger partial charge in [0.05, 0.1) is 6.10 Å². The van der Waals surface area contributed by atoms with E-state index in [0.717, 1.165) is 32.5 Å². The summed E-state index contributed by atoms with van der Waals surface area (Å²) in [5.41, 5.74) is 1.87. The van der Waals surface area contributed by atoms with E-state index < -0.39 is 6.10 Å². The average molecular weight is 383 g/mol. The highest BCUT2D eigenvalue weighted by Crippen LogP contribution is 2.16. The van der Waals surface area contributed by atoms with Gasteiger partial charge in [-0.05, 0) is 49.6 Å². The van der Waals surface area contributed by atoms with Gasteiger partial charge in [0.25, 0.3) is 0 Å². The number of aliphatic hydroxyl groups is 1. The molecule has 5 nitrogen and oxygen atoms in total. The number of carbonyl (C=O) groups is 1. The highest BCUT2D eigenvalue weighted by molar-refractivity contribution is 5.94. The Balaban J connectivity index is 1.53. The first kappa shape index (κ1) is 20.5. The Labute approximate surface area is 166 Å². The zero-order chi connectivity index (χ0) is 19.8. The van der Waals surface area contributed by atoms with Gasteiger partial charge in [-0.2, -0.15) is 0 Å². The minimum Gasteiger partial charge on any atom is -0.491 e. The van der Waals surface area contributed by atoms with Crippen molar-refractivity contribution in [2.45, 2.75) is 38.5 Å². The zero-order valence-electron chi connectivity index (χ0n) is 16.4. The topological polar surface area (TPSA) is 59.0 Å². The predicted molar refractivity (Wildman–Crippen MR) is 109 cm³/mol. The van der Waals surface area contributed by atoms with E-state index in [9.17, 15) is 9.90 Å². The van der Waals surface area contributed by atoms with Crippen LogP contribution in [0.4, 0.5) is 0 Å². The molecule has 0 radical (unpaired) electrons. The van der Waals surface area contributed by atoms with Crippen LogP contribution in [-0.2, 0) is 11.3 Å². The van der Waals surface area contributed by atoms with Gasteiger partial charge in [-0.1, -0.05) is 30.3 Å². The maximum atomic E-state index is 11.3. The molecule has 3 rings (SSSR count). The molecule has 0 saturated carbocycles. The van der Waals surface area contributed by atoms with Crippen molar-refractivity contribution in [1.29, 1.82) is 0 Å². The maximum absolute atomic E-state index is 11.3. The van der Waals surface area contributed by atoms with Crippen LogP contribution >= 0.6 is 0 Å². The number of ketones is 1. The van der Waals surface area contributed by atoms with Crippen LogP contribution in [0.25, 0.3) is 0 Å². The van der Waals surface area contributed by atoms with Gasteiger partial charge in [-0.25, -0.2) is 0 Å². The van der Waals surface area contributed by atoms with E-state index in [4.69, 9.17) is 9.47 Å². The van der Waals surface area contributed by atoms with Gasteiger partial charge in [0, 0.05) is 31.8 Å². The Hall–Kier alpha value is -2.21. The fraction of sp³-hybridized carbons (Fsp3) is 0.435. The number of carbonyl (C=O) groups excluding carboxylic acids is 1. The fourth-order valence-electron chi connectivity index (χ4n) is 3.45. The molecule has 1 aliphatic rings. The third kappa shape index (κ3) is 6.44. The van der Waals surface area contributed by atoms with Gasteiger partial charge in [0.15, 0.2) is 5.78 Å². The van der Waals surface area contributed by atoms with E-state index in [0.29, 0.717) is 17.9 Å². The second-order valence-electron chi connectivity index (χ2n) is 7.36. The van der Waals surface area contributed by atoms with Crippen LogP contribution in [0.1, 0.15) is 35.7 Å². The standard InChI is InChI=1S/C23H29NO4/c1-18(25)20-9-11-22(12-10-20)28-17-21(26)15-24(16-23-8-5-13-27-23)14-19-6-3-2-4-7-19/h2-4,6-7,9-12,21,23,26H,5,8,13-17H2,1H3. The minimum atomic E-state index is -0.613. The molecule has 1 fully saturated rings. The number of ether oxygens (including phenoxy) is 2. The lowest BCUT2D eigenvalue weighted by Crippen LogP contribution is -2.39. The Kier molecular flexibility index (Phi) is 7.60. The molecule has 0 aliphatic carbocycles. The lowest BCUT2D eigenvalue weighted by atomic mass is 10.1. The molecular formula is C23H29NO4. The smallest absolute Gasteiger partial charge is 0.159 e. The molecule has 0 spiro atoms. The van der Waals surface area contributed by atoms with Gasteiger partial charge in [-0.15, -0.1) is 0 Å². The predicted octanol–water partition coefficient (Wildman–Crippen LogP) is 3.31. The molecule has 1 heterocycles. The van der Waals surface area contributed by atoms with E-state index in [1.54, 1.807) is 24.3 Å². The van der Waals surface area contributed by atoms with Crippen molar-refractivity contribution in [2.75, 3.05) is 26.3 Å². The van der Waals surface area contributed by atoms with Crippen molar-refractivity contribution in [2.24, 2.45) is 0 Å². The first-order valence-corrected chi connectivity index (χ1v) is 9.90. The van der Waals surface area contributed by atoms with E-state index in [-0.39, 0.29) is 18.5 Å². The second-order valence-corrected chi connectivity index (χ2v) is 7.36. The third-order valence-electron chi connectivity index (χ3n) is 4.91. The number of rotatable bonds is 10. The molecule has 150 valence electrons. The molecule has 5 heteroatoms. The number of Topliss-reactive ketones (excluding diaryl/α,β-unsaturated/α-hetero) is 1. The number of nitrogens with zero attached hydrogens (tertiary/aromatic N) is 1. The van der Waals surface area contributed by atoms with Crippen LogP contribution in [-0.4, -0.2) is 54.3 Å². The Bertz CT molecular complexity index is 726. The molecule has 0 amide bonds. The van der Waals surface area contributed by atoms with Gasteiger partial charge in [0.1, 0.15) is 18.5 Å². The normalized spacial score (nSPS) is 17.6. The largest absolute Gasteiger partial charge is 0.491 e. The average Bonchev–Trinajstić information content (AvgIpc) is 3.20. The number of hydrogen-bond donors (Lipinski definition) is 1. The molecular weight excluding hydrogens is 354 g/mol. The van der Waals surface area contributed by atoms with Crippen LogP contribution in [0.2, 0.25) is 0 Å². The molecule has 2 aromatic carbocycles. The lowest BCUT2D eigenvalue weighted by Gasteiger charge is -2.27. The van der Waals surface area contributed by atoms with Gasteiger partial charge < -0.3 is 14.6 Å². The molecule has 2 aromatic rings. The van der Waals surface area contributed by atoms with Crippen molar-refractivity contribution < 1.29 is 19.4 Å². The summed E-state index contributed by atoms with van der Waals surface area (Å²) in [4.78, 5) is 13.6. The Morgan fingerprint density at radius 2 is 1.96 bits per heavy atom. The maximum Gasteiger partial charge on any atom is 0.159 e. The summed E-state index contributed by atoms with van der Waals surface area (Å²) < 4.78 is 11.5. The summed E-state index contributed by atoms with van der Waals surface area (Å²) in [7, 11) is 0. The van der Waals surface area contributed by atoms with Crippen molar-refractivity contribution in [1.82, 2.24) is 4.90 Å². The van der Waals surface area contributed by atoms with E-state index in [1.807, 2.05) is 18.2 Å². The number of benzene rings is 2. The highest BCUT2D eigenvalue weighted by Gasteiger charge is 2.21. The summed E-state index contributed by atoms with van der Waals surface area (Å²) in [6.45, 7) is 4.65. The molecule has 2 unspecified atom stereocenters. The summed E-state index contributed by atoms with van der Waals surface area (Å²) >= 11 is 0. The summed E-state index contributed by atoms with van der Waals surface area (Å²) in [6, 6.07) is 17.3. The van der Waals surface area contributed by atoms with Gasteiger partial charge >= 0.3 is 0 Å². The van der Waals surface area contributed by atoms with E-state index in [1.165, 1.54) is 12.5 Å². The van der Waals surface area contributed by atoms with Crippen LogP contribution in [0, 0.1) is 0 Å². The second kappa shape index (κ2) is 10.4. The van der Waals surface area contributed by atoms with E-state index in [2.05, 4.69) is 17.0 Å². The number of hydrogen-bond acceptors (Lipinski definition) is 5. The zero-order valence-corrected chi connectivity index (χ0v) is 16.4. The minimum absolute atomic E-state index is 0.0253. The first-order chi connectivity index (χ1) is 13.6. The molecule has 1 N–H and O–H groups in total. The molecule has 28 heavy (non-hydrogen) atoms. The van der Waals surface area contributed by atoms with Crippen molar-refractivity contribution in [3.63, 3.8) is 0 Å². The van der Waals surface area contributed by atoms with Crippen molar-refractivity contribution >= 4 is 5.78 Å². The van der Waals surface area contributed by atoms with Gasteiger partial charge in [0.2, 0.25) is 0 Å². The first-order valence-electron chi connectivity index (χ1n) is 9.90. The van der Waals surface area contributed by atoms with Crippen molar-refractivity contribution in [3.8, 4) is 5.75 Å². The monoisotopic (exact) mass is 383 g/mol. The molecule has 1 saturated heterocycles. The lowest BCUT2D eigenvalue weighted by molar-refractivity contribution is 0.0313. The van der Waals surface area contributed by atoms with Crippen LogP contribution in [0.3, 0.4) is 0 Å². The van der Waals surface area contributed by atoms with Crippen LogP contribution < -0.4 is 4.74 Å². The Morgan fingerprint density at radius 3 is 2.61 bits per heavy atom.